The molecule has 10 aliphatic heterocycles. The molecule has 10 heterocycles. The molecular weight excluding hydrogens is 1660 g/mol. The predicted octanol–water partition coefficient (Wildman–Crippen LogP) is 11.8. The Balaban J connectivity index is 0.000000144. The molecule has 10 aliphatic rings. The second-order valence-corrected chi connectivity index (χ2v) is 34.4. The molecule has 0 radical (unpaired) electrons. The summed E-state index contributed by atoms with van der Waals surface area (Å²) in [4.78, 5) is 40.0. The van der Waals surface area contributed by atoms with Gasteiger partial charge in [0, 0.05) is 155 Å². The van der Waals surface area contributed by atoms with Gasteiger partial charge in [-0.05, 0) is 162 Å². The molecule has 2 N–H and O–H groups in total. The Morgan fingerprint density at radius 2 is 0.628 bits per heavy atom. The van der Waals surface area contributed by atoms with Crippen molar-refractivity contribution in [2.24, 2.45) is 0 Å². The van der Waals surface area contributed by atoms with Crippen molar-refractivity contribution in [3.05, 3.63) is 240 Å². The molecule has 18 rings (SSSR count). The van der Waals surface area contributed by atoms with Crippen LogP contribution in [-0.4, -0.2) is 330 Å². The Kier molecular flexibility index (Phi) is 40.3. The van der Waals surface area contributed by atoms with E-state index in [4.69, 9.17) is 93.1 Å². The van der Waals surface area contributed by atoms with E-state index in [1.807, 2.05) is 149 Å². The maximum absolute atomic E-state index is 12.3. The molecule has 698 valence electrons. The van der Waals surface area contributed by atoms with Gasteiger partial charge in [0.1, 0.15) is 73.5 Å². The minimum Gasteiger partial charge on any atom is -0.491 e. The van der Waals surface area contributed by atoms with Gasteiger partial charge in [-0.2, -0.15) is 0 Å². The second-order valence-electron chi connectivity index (χ2n) is 34.0. The summed E-state index contributed by atoms with van der Waals surface area (Å²) in [5.41, 5.74) is 14.4. The van der Waals surface area contributed by atoms with Gasteiger partial charge in [0.2, 0.25) is 11.6 Å². The van der Waals surface area contributed by atoms with Gasteiger partial charge in [0.05, 0.1) is 148 Å². The molecular formula is C101H133N7O20S. The summed E-state index contributed by atoms with van der Waals surface area (Å²) in [6.45, 7) is 19.3. The highest BCUT2D eigenvalue weighted by Crippen LogP contribution is 2.30. The summed E-state index contributed by atoms with van der Waals surface area (Å²) in [5, 5.41) is 18.3. The number of anilines is 7. The zero-order chi connectivity index (χ0) is 91.6. The first kappa shape index (κ1) is 100. The highest BCUT2D eigenvalue weighted by molar-refractivity contribution is 7.81. The highest BCUT2D eigenvalue weighted by atomic mass is 32.1. The Morgan fingerprint density at radius 3 is 0.922 bits per heavy atom. The number of aliphatic hydroxyl groups excluding tert-OH is 2. The molecule has 0 spiro atoms. The van der Waals surface area contributed by atoms with E-state index >= 15 is 0 Å². The van der Waals surface area contributed by atoms with Gasteiger partial charge in [0.25, 0.3) is 0 Å². The average Bonchev–Trinajstić information content (AvgIpc) is 1.39. The zero-order valence-corrected chi connectivity index (χ0v) is 77.8. The van der Waals surface area contributed by atoms with E-state index in [-0.39, 0.29) is 49.3 Å². The number of hydrogen-bond donors (Lipinski definition) is 2. The van der Waals surface area contributed by atoms with Crippen LogP contribution in [0, 0.1) is 0 Å². The van der Waals surface area contributed by atoms with Crippen LogP contribution >= 0.6 is 12.2 Å². The number of carbonyl (C=O) groups excluding carboxylic acids is 2. The lowest BCUT2D eigenvalue weighted by Crippen LogP contribution is -2.31. The molecule has 8 aromatic carbocycles. The minimum atomic E-state index is -0.549. The molecule has 11 unspecified atom stereocenters. The van der Waals surface area contributed by atoms with E-state index in [0.717, 1.165) is 135 Å². The number of Topliss-reactive ketones (excluding diaryl/α,β-unsaturated/α-hetero) is 2. The topological polar surface area (TPSA) is 278 Å². The van der Waals surface area contributed by atoms with Crippen LogP contribution in [0.25, 0.3) is 5.57 Å². The number of nitrogens with zero attached hydrogens (tertiary/aromatic N) is 7. The summed E-state index contributed by atoms with van der Waals surface area (Å²) in [6.07, 6.45) is 5.27. The van der Waals surface area contributed by atoms with Crippen molar-refractivity contribution in [1.29, 1.82) is 0 Å². The first-order valence-corrected chi connectivity index (χ1v) is 44.7. The fourth-order valence-corrected chi connectivity index (χ4v) is 12.5. The number of ketones is 2. The summed E-state index contributed by atoms with van der Waals surface area (Å²) in [6, 6.07) is 65.9. The van der Waals surface area contributed by atoms with Crippen LogP contribution in [0.5, 0.6) is 11.5 Å². The molecule has 28 heteroatoms. The second kappa shape index (κ2) is 51.9. The third-order valence-electron chi connectivity index (χ3n) is 21.3. The van der Waals surface area contributed by atoms with E-state index in [0.29, 0.717) is 95.0 Å². The fourth-order valence-electron chi connectivity index (χ4n) is 12.2. The SMILES string of the molecule is C(CC1CO1)C1CO1.C=C(c1ccc(N(C)C)cc1)c1ccc(N(C)C)cc1.CN(C)c1ccc(C(=O)C(=O)c2ccc(N(C)C)cc2)cc1.CN(C)c1ccc(C(=S)c2ccc(N(C)C)cc2)cc1.OC(COCC1CO1)COCC1CO1.OCC(COCC1CO1)OCC1CO1.c1cc(OCC2CO2)cc(OCC2CO2)c1.c1ccc(N(CC2CO2)CC2CO2)cc1. The van der Waals surface area contributed by atoms with E-state index in [9.17, 15) is 14.7 Å². The Bertz CT molecular complexity index is 4240. The zero-order valence-electron chi connectivity index (χ0n) is 76.9. The van der Waals surface area contributed by atoms with Crippen LogP contribution in [0.3, 0.4) is 0 Å². The van der Waals surface area contributed by atoms with Gasteiger partial charge in [-0.25, -0.2) is 0 Å². The maximum atomic E-state index is 12.3. The molecule has 11 atom stereocenters. The average molecular weight is 1800 g/mol. The normalized spacial score (nSPS) is 20.8. The molecule has 0 aliphatic carbocycles. The van der Waals surface area contributed by atoms with Crippen LogP contribution in [0.1, 0.15) is 55.8 Å². The monoisotopic (exact) mass is 1800 g/mol. The third kappa shape index (κ3) is 39.2. The van der Waals surface area contributed by atoms with Gasteiger partial charge >= 0.3 is 0 Å². The van der Waals surface area contributed by atoms with Crippen molar-refractivity contribution in [1.82, 2.24) is 0 Å². The van der Waals surface area contributed by atoms with Crippen LogP contribution in [0.15, 0.2) is 207 Å². The summed E-state index contributed by atoms with van der Waals surface area (Å²) >= 11 is 5.58. The van der Waals surface area contributed by atoms with Gasteiger partial charge in [0.15, 0.2) is 0 Å². The van der Waals surface area contributed by atoms with Crippen LogP contribution in [0.2, 0.25) is 0 Å². The van der Waals surface area contributed by atoms with Crippen molar-refractivity contribution >= 4 is 74.0 Å². The van der Waals surface area contributed by atoms with Gasteiger partial charge in [-0.1, -0.05) is 91.6 Å². The Hall–Kier alpha value is -9.51. The van der Waals surface area contributed by atoms with Crippen molar-refractivity contribution in [3.63, 3.8) is 0 Å². The lowest BCUT2D eigenvalue weighted by Gasteiger charge is -2.23. The third-order valence-corrected chi connectivity index (χ3v) is 21.8. The van der Waals surface area contributed by atoms with Gasteiger partial charge in [-0.15, -0.1) is 0 Å². The standard InChI is InChI=1S/C18H20N2O2.C18H22N2.C17H20N2S.C12H15NO2.C12H14O4.2C9H16O5.C6H10O2/c1-19(2)15-9-5-13(6-10-15)17(21)18(22)14-7-11-16(12-8-14)20(3)4;1-14(15-6-10-17(11-7-15)19(2)3)16-8-12-18(13-9-16)20(4)5;1-18(2)15-9-5-13(6-10-15)17(20)14-7-11-16(12-8-14)19(3)4;1-2-4-10(5-3-1)13(6-11-8-14-11)7-12-9-15-12;1-2-9(13-5-11-7-15-11)4-10(3-1)14-6-12-8-16-12;10-7(1-11-3-8-5-13-8)2-12-4-9-6-14-9;10-1-7(12-5-9-6-14-9)2-11-3-8-4-13-8;1(5-3-7-5)2-6-4-8-6/h5-12H,1-4H3;6-13H,1H2,2-5H3;5-12H,1-4H3;1-5,11-12H,6-9H2;1-4,11-12H,5-8H2;2*7-10H,1-6H2;5-6H,1-4H2. The number of epoxide rings is 10. The largest absolute Gasteiger partial charge is 0.491 e. The summed E-state index contributed by atoms with van der Waals surface area (Å²) in [5.74, 6) is 0.681. The lowest BCUT2D eigenvalue weighted by molar-refractivity contribution is -0.0481. The predicted molar refractivity (Wildman–Crippen MR) is 510 cm³/mol. The van der Waals surface area contributed by atoms with E-state index in [1.54, 1.807) is 24.3 Å². The number of benzene rings is 8. The number of carbonyl (C=O) groups is 2. The first-order chi connectivity index (χ1) is 62.4. The van der Waals surface area contributed by atoms with Crippen LogP contribution in [0.4, 0.5) is 39.8 Å². The summed E-state index contributed by atoms with van der Waals surface area (Å²) in [7, 11) is 24.0. The summed E-state index contributed by atoms with van der Waals surface area (Å²) < 4.78 is 82.9. The van der Waals surface area contributed by atoms with Crippen molar-refractivity contribution in [3.8, 4) is 11.5 Å². The fraction of sp³-hybridized carbons (Fsp3) is 0.475. The Morgan fingerprint density at radius 1 is 0.349 bits per heavy atom. The van der Waals surface area contributed by atoms with Crippen LogP contribution in [-0.2, 0) is 66.3 Å². The number of para-hydroxylation sites is 1. The molecule has 0 amide bonds. The number of ether oxygens (including phenoxy) is 16. The number of thiocarbonyl (C=S) groups is 1. The quantitative estimate of drug-likeness (QED) is 0.0155. The number of rotatable bonds is 43. The number of aliphatic hydroxyl groups is 2. The number of hydrogen-bond acceptors (Lipinski definition) is 28. The molecule has 8 aromatic rings. The molecule has 0 saturated carbocycles. The van der Waals surface area contributed by atoms with E-state index in [1.165, 1.54) is 41.3 Å². The molecule has 10 saturated heterocycles. The van der Waals surface area contributed by atoms with E-state index < -0.39 is 17.7 Å². The Labute approximate surface area is 767 Å². The smallest absolute Gasteiger partial charge is 0.233 e. The first-order valence-electron chi connectivity index (χ1n) is 44.3. The molecule has 10 fully saturated rings. The molecule has 0 aromatic heterocycles. The van der Waals surface area contributed by atoms with E-state index in [2.05, 4.69) is 152 Å². The van der Waals surface area contributed by atoms with Crippen LogP contribution < -0.4 is 43.8 Å². The van der Waals surface area contributed by atoms with Gasteiger partial charge in [-0.3, -0.25) is 9.59 Å². The van der Waals surface area contributed by atoms with Crippen molar-refractivity contribution < 1.29 is 95.6 Å². The van der Waals surface area contributed by atoms with Crippen molar-refractivity contribution in [2.75, 3.05) is 264 Å². The minimum absolute atomic E-state index is 0.0156. The van der Waals surface area contributed by atoms with Crippen molar-refractivity contribution in [2.45, 2.75) is 86.1 Å². The molecule has 0 bridgehead atoms. The molecule has 27 nitrogen and oxygen atoms in total. The molecule has 129 heavy (non-hydrogen) atoms. The maximum Gasteiger partial charge on any atom is 0.233 e. The van der Waals surface area contributed by atoms with Gasteiger partial charge < -0.3 is 120 Å². The lowest BCUT2D eigenvalue weighted by atomic mass is 9.99. The highest BCUT2D eigenvalue weighted by Gasteiger charge is 2.33.